The van der Waals surface area contributed by atoms with Gasteiger partial charge in [-0.2, -0.15) is 5.10 Å². The van der Waals surface area contributed by atoms with Crippen molar-refractivity contribution in [2.75, 3.05) is 31.1 Å². The molecule has 0 amide bonds. The molecule has 33 heavy (non-hydrogen) atoms. The number of hydrogen-bond donors (Lipinski definition) is 0. The molecule has 3 heterocycles. The van der Waals surface area contributed by atoms with E-state index in [1.54, 1.807) is 24.5 Å². The lowest BCUT2D eigenvalue weighted by atomic mass is 10.1. The van der Waals surface area contributed by atoms with Gasteiger partial charge in [-0.3, -0.25) is 9.88 Å². The zero-order valence-electron chi connectivity index (χ0n) is 18.4. The Kier molecular flexibility index (Phi) is 7.01. The lowest BCUT2D eigenvalue weighted by Crippen LogP contribution is -2.46. The second-order valence-corrected chi connectivity index (χ2v) is 8.02. The number of para-hydroxylation sites is 1. The summed E-state index contributed by atoms with van der Waals surface area (Å²) < 4.78 is 15.3. The fraction of sp³-hybridized carbons (Fsp3) is 0.240. The van der Waals surface area contributed by atoms with Crippen LogP contribution < -0.4 is 4.90 Å². The van der Waals surface area contributed by atoms with E-state index in [0.717, 1.165) is 61.2 Å². The number of aryl methyl sites for hydroxylation is 1. The highest BCUT2D eigenvalue weighted by atomic mass is 35.5. The number of rotatable bonds is 5. The van der Waals surface area contributed by atoms with Gasteiger partial charge in [0, 0.05) is 62.4 Å². The van der Waals surface area contributed by atoms with Crippen LogP contribution in [0.4, 0.5) is 10.2 Å². The molecule has 1 fully saturated rings. The molecular weight excluding hydrogens is 439 g/mol. The van der Waals surface area contributed by atoms with Gasteiger partial charge in [0.25, 0.3) is 0 Å². The van der Waals surface area contributed by atoms with Gasteiger partial charge in [0.1, 0.15) is 11.5 Å². The molecule has 1 saturated heterocycles. The van der Waals surface area contributed by atoms with Gasteiger partial charge in [-0.15, -0.1) is 12.4 Å². The number of halogens is 2. The zero-order valence-corrected chi connectivity index (χ0v) is 19.2. The molecule has 2 aromatic carbocycles. The smallest absolute Gasteiger partial charge is 0.155 e. The summed E-state index contributed by atoms with van der Waals surface area (Å²) >= 11 is 0. The average molecular weight is 465 g/mol. The maximum atomic E-state index is 13.3. The normalized spacial score (nSPS) is 14.2. The predicted octanol–water partition coefficient (Wildman–Crippen LogP) is 4.52. The maximum Gasteiger partial charge on any atom is 0.155 e. The van der Waals surface area contributed by atoms with Crippen LogP contribution in [-0.4, -0.2) is 50.8 Å². The number of nitrogens with zero attached hydrogens (tertiary/aromatic N) is 6. The third-order valence-corrected chi connectivity index (χ3v) is 5.88. The van der Waals surface area contributed by atoms with Crippen LogP contribution in [0.1, 0.15) is 11.3 Å². The molecule has 8 heteroatoms. The van der Waals surface area contributed by atoms with E-state index in [0.29, 0.717) is 0 Å². The molecular formula is C25H26ClFN6. The molecule has 5 rings (SSSR count). The summed E-state index contributed by atoms with van der Waals surface area (Å²) in [7, 11) is 0. The maximum absolute atomic E-state index is 13.3. The molecule has 4 aromatic rings. The monoisotopic (exact) mass is 464 g/mol. The van der Waals surface area contributed by atoms with Gasteiger partial charge in [0.2, 0.25) is 0 Å². The largest absolute Gasteiger partial charge is 0.352 e. The van der Waals surface area contributed by atoms with Crippen molar-refractivity contribution in [2.24, 2.45) is 0 Å². The van der Waals surface area contributed by atoms with Crippen LogP contribution in [0.3, 0.4) is 0 Å². The summed E-state index contributed by atoms with van der Waals surface area (Å²) in [6.07, 6.45) is 5.54. The van der Waals surface area contributed by atoms with Gasteiger partial charge in [-0.25, -0.2) is 14.1 Å². The van der Waals surface area contributed by atoms with Gasteiger partial charge >= 0.3 is 0 Å². The molecule has 0 unspecified atom stereocenters. The van der Waals surface area contributed by atoms with Crippen molar-refractivity contribution in [2.45, 2.75) is 13.5 Å². The number of piperazine rings is 1. The number of aromatic nitrogens is 4. The highest BCUT2D eigenvalue weighted by Gasteiger charge is 2.22. The Morgan fingerprint density at radius 2 is 1.58 bits per heavy atom. The lowest BCUT2D eigenvalue weighted by Gasteiger charge is -2.35. The Labute approximate surface area is 199 Å². The fourth-order valence-electron chi connectivity index (χ4n) is 4.10. The van der Waals surface area contributed by atoms with Crippen molar-refractivity contribution >= 4 is 18.2 Å². The first-order chi connectivity index (χ1) is 15.7. The SMILES string of the molecule is Cc1nn(-c2ccccc2)cc1CN1CCN(c2nccnc2-c2ccc(F)cc2)CC1.Cl. The molecule has 0 spiro atoms. The van der Waals surface area contributed by atoms with E-state index >= 15 is 0 Å². The summed E-state index contributed by atoms with van der Waals surface area (Å²) in [6.45, 7) is 6.51. The van der Waals surface area contributed by atoms with Crippen LogP contribution in [-0.2, 0) is 6.54 Å². The molecule has 170 valence electrons. The summed E-state index contributed by atoms with van der Waals surface area (Å²) in [6, 6.07) is 16.6. The zero-order chi connectivity index (χ0) is 21.9. The van der Waals surface area contributed by atoms with Crippen LogP contribution >= 0.6 is 12.4 Å². The van der Waals surface area contributed by atoms with Crippen molar-refractivity contribution in [3.8, 4) is 16.9 Å². The van der Waals surface area contributed by atoms with Gasteiger partial charge in [0.05, 0.1) is 11.4 Å². The third-order valence-electron chi connectivity index (χ3n) is 5.88. The van der Waals surface area contributed by atoms with Crippen LogP contribution in [0.2, 0.25) is 0 Å². The molecule has 1 aliphatic heterocycles. The second-order valence-electron chi connectivity index (χ2n) is 8.02. The van der Waals surface area contributed by atoms with Crippen molar-refractivity contribution in [1.29, 1.82) is 0 Å². The van der Waals surface area contributed by atoms with E-state index in [1.165, 1.54) is 17.7 Å². The first-order valence-electron chi connectivity index (χ1n) is 10.8. The van der Waals surface area contributed by atoms with Crippen LogP contribution in [0.5, 0.6) is 0 Å². The Morgan fingerprint density at radius 3 is 2.30 bits per heavy atom. The van der Waals surface area contributed by atoms with Crippen LogP contribution in [0, 0.1) is 12.7 Å². The van der Waals surface area contributed by atoms with Crippen LogP contribution in [0.15, 0.2) is 73.2 Å². The first kappa shape index (κ1) is 22.9. The fourth-order valence-corrected chi connectivity index (χ4v) is 4.10. The topological polar surface area (TPSA) is 50.1 Å². The highest BCUT2D eigenvalue weighted by molar-refractivity contribution is 5.85. The predicted molar refractivity (Wildman–Crippen MR) is 130 cm³/mol. The molecule has 0 radical (unpaired) electrons. The summed E-state index contributed by atoms with van der Waals surface area (Å²) in [5.74, 6) is 0.602. The minimum absolute atomic E-state index is 0. The minimum atomic E-state index is -0.251. The third kappa shape index (κ3) is 5.05. The molecule has 0 atom stereocenters. The van der Waals surface area contributed by atoms with Crippen molar-refractivity contribution in [1.82, 2.24) is 24.6 Å². The van der Waals surface area contributed by atoms with E-state index in [9.17, 15) is 4.39 Å². The molecule has 0 bridgehead atoms. The van der Waals surface area contributed by atoms with E-state index in [-0.39, 0.29) is 18.2 Å². The Balaban J connectivity index is 0.00000259. The molecule has 2 aromatic heterocycles. The first-order valence-corrected chi connectivity index (χ1v) is 10.8. The Morgan fingerprint density at radius 1 is 0.879 bits per heavy atom. The molecule has 0 N–H and O–H groups in total. The standard InChI is InChI=1S/C25H25FN6.ClH/c1-19-21(18-32(29-19)23-5-3-2-4-6-23)17-30-13-15-31(16-14-30)25-24(27-11-12-28-25)20-7-9-22(26)10-8-20;/h2-12,18H,13-17H2,1H3;1H. The molecule has 0 saturated carbocycles. The Hall–Kier alpha value is -3.29. The second kappa shape index (κ2) is 10.1. The van der Waals surface area contributed by atoms with Crippen molar-refractivity contribution < 1.29 is 4.39 Å². The lowest BCUT2D eigenvalue weighted by molar-refractivity contribution is 0.249. The van der Waals surface area contributed by atoms with E-state index in [1.807, 2.05) is 22.9 Å². The van der Waals surface area contributed by atoms with Crippen LogP contribution in [0.25, 0.3) is 16.9 Å². The van der Waals surface area contributed by atoms with Crippen molar-refractivity contribution in [3.63, 3.8) is 0 Å². The summed E-state index contributed by atoms with van der Waals surface area (Å²) in [5.41, 5.74) is 5.04. The van der Waals surface area contributed by atoms with Crippen molar-refractivity contribution in [3.05, 3.63) is 90.3 Å². The van der Waals surface area contributed by atoms with Gasteiger partial charge < -0.3 is 4.90 Å². The molecule has 6 nitrogen and oxygen atoms in total. The quantitative estimate of drug-likeness (QED) is 0.434. The van der Waals surface area contributed by atoms with Gasteiger partial charge in [-0.05, 0) is 43.3 Å². The Bertz CT molecular complexity index is 1190. The van der Waals surface area contributed by atoms with E-state index in [2.05, 4.69) is 45.0 Å². The summed E-state index contributed by atoms with van der Waals surface area (Å²) in [5, 5.41) is 4.69. The number of anilines is 1. The molecule has 0 aliphatic carbocycles. The highest BCUT2D eigenvalue weighted by Crippen LogP contribution is 2.27. The van der Waals surface area contributed by atoms with E-state index in [4.69, 9.17) is 5.10 Å². The molecule has 1 aliphatic rings. The van der Waals surface area contributed by atoms with E-state index < -0.39 is 0 Å². The average Bonchev–Trinajstić information content (AvgIpc) is 3.21. The number of hydrogen-bond acceptors (Lipinski definition) is 5. The number of benzene rings is 2. The van der Waals surface area contributed by atoms with Gasteiger partial charge in [-0.1, -0.05) is 18.2 Å². The summed E-state index contributed by atoms with van der Waals surface area (Å²) in [4.78, 5) is 13.8. The minimum Gasteiger partial charge on any atom is -0.352 e. The van der Waals surface area contributed by atoms with Gasteiger partial charge in [0.15, 0.2) is 5.82 Å².